The number of methoxy groups -OCH3 is 3. The lowest BCUT2D eigenvalue weighted by Gasteiger charge is -2.39. The maximum absolute atomic E-state index is 12.6. The molecule has 27 heteroatoms. The van der Waals surface area contributed by atoms with Crippen LogP contribution in [0.4, 0.5) is 38.4 Å². The summed E-state index contributed by atoms with van der Waals surface area (Å²) in [7, 11) is 5.35. The maximum Gasteiger partial charge on any atom is 0.318 e. The summed E-state index contributed by atoms with van der Waals surface area (Å²) >= 11 is 0. The third-order valence-electron chi connectivity index (χ3n) is 34.2. The first-order chi connectivity index (χ1) is 68.8. The molecule has 882 valence electrons. The van der Waals surface area contributed by atoms with Crippen LogP contribution in [0.2, 0.25) is 0 Å². The highest BCUT2D eigenvalue weighted by Gasteiger charge is 2.57. The third kappa shape index (κ3) is 49.4. The van der Waals surface area contributed by atoms with Crippen LogP contribution in [0.25, 0.3) is 0 Å². The van der Waals surface area contributed by atoms with Crippen molar-refractivity contribution in [3.05, 3.63) is 0 Å². The van der Waals surface area contributed by atoms with E-state index in [2.05, 4.69) is 140 Å². The number of ether oxygens (including phenoxy) is 3. The zero-order valence-corrected chi connectivity index (χ0v) is 93.0. The van der Waals surface area contributed by atoms with Gasteiger partial charge in [-0.1, -0.05) is 199 Å². The molecule has 7 atom stereocenters. The van der Waals surface area contributed by atoms with E-state index in [1.54, 1.807) is 21.3 Å². The van der Waals surface area contributed by atoms with Crippen molar-refractivity contribution in [3.63, 3.8) is 0 Å². The zero-order chi connectivity index (χ0) is 102. The number of carbonyl (C=O) groups excluding carboxylic acids is 8. The molecule has 0 aromatic heterocycles. The van der Waals surface area contributed by atoms with Gasteiger partial charge in [-0.15, -0.1) is 0 Å². The number of carbonyl (C=O) groups is 8. The van der Waals surface area contributed by atoms with E-state index < -0.39 is 0 Å². The highest BCUT2D eigenvalue weighted by atomic mass is 16.5. The number of nitrogens with zero attached hydrogens (tertiary/aromatic N) is 8. The molecule has 0 spiro atoms. The molecule has 0 aliphatic heterocycles. The number of amides is 16. The molecule has 0 bridgehead atoms. The van der Waals surface area contributed by atoms with Gasteiger partial charge in [-0.2, -0.15) is 0 Å². The van der Waals surface area contributed by atoms with Gasteiger partial charge in [0, 0.05) is 172 Å². The Morgan fingerprint density at radius 3 is 0.907 bits per heavy atom. The second-order valence-electron chi connectivity index (χ2n) is 47.6. The predicted molar refractivity (Wildman–Crippen MR) is 630 cm³/mol. The van der Waals surface area contributed by atoms with Crippen LogP contribution in [-0.4, -0.2) is 278 Å². The third-order valence-corrected chi connectivity index (χ3v) is 34.2. The average molecular weight is 2120 g/mol. The Morgan fingerprint density at radius 1 is 0.300 bits per heavy atom. The number of fused-ring (bicyclic) bond motifs is 1. The maximum atomic E-state index is 12.6. The minimum Gasteiger partial charge on any atom is -0.381 e. The van der Waals surface area contributed by atoms with Crippen molar-refractivity contribution >= 4 is 48.2 Å². The summed E-state index contributed by atoms with van der Waals surface area (Å²) in [6.45, 7) is 37.6. The van der Waals surface area contributed by atoms with Crippen LogP contribution in [0.1, 0.15) is 502 Å². The van der Waals surface area contributed by atoms with Crippen molar-refractivity contribution in [2.45, 2.75) is 586 Å². The molecule has 17 saturated carbocycles. The largest absolute Gasteiger partial charge is 0.381 e. The standard InChI is InChI=1S/C17H32N2O.C16H30N2O.C15H28N2O2.2C14H26N2O2.C14H24N2O.C13H24N2O.C12H22N2O.8CH4/c1-4-12-19(15-10-11-15)17(20)18-16(13(2)3)14-8-6-5-7-9-14;1-4-12-18(14-10-11-14)15(19)17-16(2,3)13-8-6-5-7-9-13;1-3-9-17(13-7-8-13)15(18)16-11-12-5-4-6-14(10-12)19-2;1-3-10-16(12-6-7-12)14(17)15-11-4-8-13(18-2)9-5-11;1-3-8-16(12-5-6-12)14(17)15-10-11-4-7-13(9-11)18-2;1-2-8-16(12-5-6-12)13(17)15-10-14-7-3-4-11(14)9-14;1-2-9-15(12-7-8-12)13(16)14-10-11-5-3-4-6-11;1-2-8-14(11-6-7-11)12(15)13-9-10-4-3-5-10;;;;;;;;/h13-16H,4-12H2,1-3H3,(H,18,20);13-14H,4-12H2,1-3H3,(H,17,19);12-14H,3-11H2,1-2H3,(H,16,18);2*11-13H,3-10H2,1-2H3,(H,15,17);11-12H,2-10H2,1H3,(H,15,17);11-12H,2-10H2,1H3,(H,14,16);10-11H,2-9H2,1H3,(H,13,15);8*1H4. The van der Waals surface area contributed by atoms with Crippen LogP contribution in [0.3, 0.4) is 0 Å². The van der Waals surface area contributed by atoms with Gasteiger partial charge in [0.2, 0.25) is 0 Å². The Morgan fingerprint density at radius 2 is 0.593 bits per heavy atom. The summed E-state index contributed by atoms with van der Waals surface area (Å²) in [6.07, 6.45) is 69.0. The fourth-order valence-electron chi connectivity index (χ4n) is 24.0. The molecule has 0 saturated heterocycles. The number of rotatable bonds is 43. The molecule has 16 amide bonds. The molecule has 150 heavy (non-hydrogen) atoms. The highest BCUT2D eigenvalue weighted by Crippen LogP contribution is 2.63. The van der Waals surface area contributed by atoms with E-state index >= 15 is 0 Å². The van der Waals surface area contributed by atoms with Crippen LogP contribution < -0.4 is 42.5 Å². The summed E-state index contributed by atoms with van der Waals surface area (Å²) in [6, 6.07) is 6.27. The monoisotopic (exact) mass is 2120 g/mol. The number of hydrogen-bond donors (Lipinski definition) is 8. The first kappa shape index (κ1) is 140. The quantitative estimate of drug-likeness (QED) is 0.0284. The van der Waals surface area contributed by atoms with Gasteiger partial charge in [0.1, 0.15) is 0 Å². The number of urea groups is 8. The lowest BCUT2D eigenvalue weighted by atomic mass is 9.77. The smallest absolute Gasteiger partial charge is 0.318 e. The van der Waals surface area contributed by atoms with Crippen molar-refractivity contribution in [2.75, 3.05) is 106 Å². The van der Waals surface area contributed by atoms with Gasteiger partial charge in [0.25, 0.3) is 0 Å². The van der Waals surface area contributed by atoms with Crippen molar-refractivity contribution in [1.29, 1.82) is 0 Å². The summed E-state index contributed by atoms with van der Waals surface area (Å²) in [5.41, 5.74) is 0.468. The SMILES string of the molecule is C.C.C.C.C.C.C.C.CCCN(C(=O)NC(C(C)C)C1CCCCC1)C1CC1.CCCN(C(=O)NC(C)(C)C1CCCCC1)C1CC1.CCCN(C(=O)NC1CCC(OC)CC1)C1CC1.CCCN(C(=O)NCC12CCCC1C2)C1CC1.CCCN(C(=O)NCC1CCC(OC)C1)C1CC1.CCCN(C(=O)NCC1CCC1)C1CC1.CCCN(C(=O)NCC1CCCC(OC)C1)C1CC1.CCCN(C(=O)NCC1CCCC1)C1CC1. The molecule has 17 rings (SSSR count). The lowest BCUT2D eigenvalue weighted by Crippen LogP contribution is -2.54. The van der Waals surface area contributed by atoms with Crippen molar-refractivity contribution in [3.8, 4) is 0 Å². The zero-order valence-electron chi connectivity index (χ0n) is 93.0. The fourth-order valence-corrected chi connectivity index (χ4v) is 24.0. The number of hydrogen-bond acceptors (Lipinski definition) is 11. The van der Waals surface area contributed by atoms with E-state index in [4.69, 9.17) is 14.2 Å². The Bertz CT molecular complexity index is 3580. The Kier molecular flexibility index (Phi) is 69.4. The van der Waals surface area contributed by atoms with Crippen LogP contribution in [0.15, 0.2) is 0 Å². The van der Waals surface area contributed by atoms with Crippen LogP contribution in [0, 0.1) is 52.8 Å². The molecular formula is C123H244N16O11. The molecule has 17 aliphatic rings. The van der Waals surface area contributed by atoms with Gasteiger partial charge >= 0.3 is 48.2 Å². The van der Waals surface area contributed by atoms with E-state index in [1.165, 1.54) is 263 Å². The number of nitrogens with one attached hydrogen (secondary N) is 8. The summed E-state index contributed by atoms with van der Waals surface area (Å²) in [5.74, 6) is 5.49. The summed E-state index contributed by atoms with van der Waals surface area (Å²) in [5, 5.41) is 25.5. The Labute approximate surface area is 922 Å². The van der Waals surface area contributed by atoms with Crippen molar-refractivity contribution in [2.24, 2.45) is 52.8 Å². The van der Waals surface area contributed by atoms with E-state index in [0.29, 0.717) is 114 Å². The first-order valence-corrected chi connectivity index (χ1v) is 59.8. The van der Waals surface area contributed by atoms with Gasteiger partial charge in [0.15, 0.2) is 0 Å². The molecule has 17 fully saturated rings. The molecule has 0 aromatic carbocycles. The van der Waals surface area contributed by atoms with E-state index in [9.17, 15) is 38.4 Å². The first-order valence-electron chi connectivity index (χ1n) is 59.8. The molecule has 7 unspecified atom stereocenters. The normalized spacial score (nSPS) is 23.9. The van der Waals surface area contributed by atoms with Gasteiger partial charge in [-0.3, -0.25) is 0 Å². The summed E-state index contributed by atoms with van der Waals surface area (Å²) in [4.78, 5) is 114. The van der Waals surface area contributed by atoms with Crippen LogP contribution in [0.5, 0.6) is 0 Å². The summed E-state index contributed by atoms with van der Waals surface area (Å²) < 4.78 is 16.2. The predicted octanol–water partition coefficient (Wildman–Crippen LogP) is 28.8. The van der Waals surface area contributed by atoms with Gasteiger partial charge in [-0.05, 0) is 356 Å². The minimum atomic E-state index is -0.0572. The van der Waals surface area contributed by atoms with Gasteiger partial charge in [-0.25, -0.2) is 38.4 Å². The molecule has 0 heterocycles. The lowest BCUT2D eigenvalue weighted by molar-refractivity contribution is 0.0508. The van der Waals surface area contributed by atoms with Gasteiger partial charge < -0.3 is 95.9 Å². The fraction of sp³-hybridized carbons (Fsp3) is 0.935. The molecule has 17 aliphatic carbocycles. The van der Waals surface area contributed by atoms with Crippen molar-refractivity contribution in [1.82, 2.24) is 81.7 Å². The second-order valence-corrected chi connectivity index (χ2v) is 47.6. The van der Waals surface area contributed by atoms with E-state index in [0.717, 1.165) is 199 Å². The van der Waals surface area contributed by atoms with Crippen molar-refractivity contribution < 1.29 is 52.6 Å². The second kappa shape index (κ2) is 74.3. The Hall–Kier alpha value is -5.96. The molecule has 8 N–H and O–H groups in total. The van der Waals surface area contributed by atoms with Crippen LogP contribution >= 0.6 is 0 Å². The Balaban J connectivity index is 0.000000575. The molecule has 0 aromatic rings. The minimum absolute atomic E-state index is 0. The highest BCUT2D eigenvalue weighted by molar-refractivity contribution is 5.78. The molecule has 27 nitrogen and oxygen atoms in total. The van der Waals surface area contributed by atoms with Gasteiger partial charge in [0.05, 0.1) is 18.3 Å². The van der Waals surface area contributed by atoms with E-state index in [-0.39, 0.29) is 113 Å². The molecule has 0 radical (unpaired) electrons. The average Bonchev–Trinajstić information content (AvgIpc) is 1.58. The van der Waals surface area contributed by atoms with Crippen LogP contribution in [-0.2, 0) is 14.2 Å². The topological polar surface area (TPSA) is 286 Å². The molecular weight excluding hydrogens is 1880 g/mol. The van der Waals surface area contributed by atoms with E-state index in [1.807, 2.05) is 24.5 Å².